The summed E-state index contributed by atoms with van der Waals surface area (Å²) in [6, 6.07) is 12.0. The smallest absolute Gasteiger partial charge is 0.265 e. The third kappa shape index (κ3) is 2.74. The van der Waals surface area contributed by atoms with E-state index in [1.54, 1.807) is 18.2 Å². The highest BCUT2D eigenvalue weighted by molar-refractivity contribution is 7.99. The lowest BCUT2D eigenvalue weighted by molar-refractivity contribution is 0.266. The van der Waals surface area contributed by atoms with Crippen LogP contribution >= 0.6 is 23.4 Å². The van der Waals surface area contributed by atoms with Crippen LogP contribution in [0.1, 0.15) is 0 Å². The van der Waals surface area contributed by atoms with Crippen LogP contribution < -0.4 is 4.90 Å². The third-order valence-corrected chi connectivity index (χ3v) is 6.54. The summed E-state index contributed by atoms with van der Waals surface area (Å²) in [5.41, 5.74) is 1.26. The summed E-state index contributed by atoms with van der Waals surface area (Å²) < 4.78 is 25.7. The topological polar surface area (TPSA) is 57.7 Å². The van der Waals surface area contributed by atoms with Gasteiger partial charge >= 0.3 is 5.37 Å². The second-order valence-electron chi connectivity index (χ2n) is 5.08. The quantitative estimate of drug-likeness (QED) is 0.596. The molecule has 120 valence electrons. The van der Waals surface area contributed by atoms with E-state index in [2.05, 4.69) is 0 Å². The van der Waals surface area contributed by atoms with Gasteiger partial charge in [0, 0.05) is 23.9 Å². The van der Waals surface area contributed by atoms with Crippen molar-refractivity contribution in [1.29, 1.82) is 0 Å². The van der Waals surface area contributed by atoms with Gasteiger partial charge in [0.15, 0.2) is 0 Å². The Morgan fingerprint density at radius 1 is 1.09 bits per heavy atom. The van der Waals surface area contributed by atoms with Crippen LogP contribution in [0, 0.1) is 0 Å². The van der Waals surface area contributed by atoms with Gasteiger partial charge in [-0.25, -0.2) is 12.7 Å². The molecule has 1 aliphatic heterocycles. The lowest BCUT2D eigenvalue weighted by Gasteiger charge is -2.29. The van der Waals surface area contributed by atoms with Gasteiger partial charge in [0.2, 0.25) is 10.0 Å². The van der Waals surface area contributed by atoms with Crippen molar-refractivity contribution in [3.05, 3.63) is 42.5 Å². The molecule has 0 N–H and O–H groups in total. The summed E-state index contributed by atoms with van der Waals surface area (Å²) in [6.45, 7) is 0. The Bertz CT molecular complexity index is 897. The summed E-state index contributed by atoms with van der Waals surface area (Å²) in [7, 11) is -0.586. The Kier molecular flexibility index (Phi) is 4.14. The molecule has 0 saturated heterocycles. The molecule has 2 aromatic rings. The van der Waals surface area contributed by atoms with E-state index in [9.17, 15) is 13.2 Å². The lowest BCUT2D eigenvalue weighted by Crippen LogP contribution is -2.25. The Morgan fingerprint density at radius 3 is 2.39 bits per heavy atom. The van der Waals surface area contributed by atoms with Crippen molar-refractivity contribution in [2.24, 2.45) is 0 Å². The molecule has 23 heavy (non-hydrogen) atoms. The minimum Gasteiger partial charge on any atom is -0.265 e. The largest absolute Gasteiger partial charge is 0.325 e. The van der Waals surface area contributed by atoms with Gasteiger partial charge in [-0.05, 0) is 41.9 Å². The number of fused-ring (bicyclic) bond motifs is 2. The number of rotatable bonds is 2. The fourth-order valence-corrected chi connectivity index (χ4v) is 4.58. The maximum Gasteiger partial charge on any atom is 0.325 e. The summed E-state index contributed by atoms with van der Waals surface area (Å²) >= 11 is 7.15. The van der Waals surface area contributed by atoms with Crippen LogP contribution in [-0.2, 0) is 10.0 Å². The van der Waals surface area contributed by atoms with Crippen molar-refractivity contribution in [2.75, 3.05) is 19.0 Å². The highest BCUT2D eigenvalue weighted by Crippen LogP contribution is 2.49. The van der Waals surface area contributed by atoms with Gasteiger partial charge in [-0.15, -0.1) is 0 Å². The fraction of sp³-hybridized carbons (Fsp3) is 0.133. The SMILES string of the molecule is CN(C)S(=O)(=O)c1ccc2c(c1)Sc1ccccc1N2C(=O)Cl. The molecular weight excluding hydrogens is 356 g/mol. The Labute approximate surface area is 143 Å². The van der Waals surface area contributed by atoms with Crippen LogP contribution in [0.2, 0.25) is 0 Å². The number of hydrogen-bond acceptors (Lipinski definition) is 4. The number of carbonyl (C=O) groups excluding carboxylic acids is 1. The summed E-state index contributed by atoms with van der Waals surface area (Å²) in [4.78, 5) is 14.9. The second kappa shape index (κ2) is 5.83. The molecule has 1 aliphatic rings. The van der Waals surface area contributed by atoms with E-state index in [1.165, 1.54) is 36.8 Å². The predicted molar refractivity (Wildman–Crippen MR) is 91.3 cm³/mol. The van der Waals surface area contributed by atoms with Crippen LogP contribution in [0.5, 0.6) is 0 Å². The maximum atomic E-state index is 12.3. The first-order valence-electron chi connectivity index (χ1n) is 6.65. The molecule has 0 fully saturated rings. The van der Waals surface area contributed by atoms with E-state index >= 15 is 0 Å². The molecule has 0 atom stereocenters. The molecule has 2 aromatic carbocycles. The lowest BCUT2D eigenvalue weighted by atomic mass is 10.2. The number of para-hydroxylation sites is 1. The fourth-order valence-electron chi connectivity index (χ4n) is 2.30. The molecule has 0 aromatic heterocycles. The zero-order valence-corrected chi connectivity index (χ0v) is 14.7. The van der Waals surface area contributed by atoms with E-state index < -0.39 is 15.4 Å². The van der Waals surface area contributed by atoms with Gasteiger partial charge in [0.1, 0.15) is 0 Å². The summed E-state index contributed by atoms with van der Waals surface area (Å²) in [6.07, 6.45) is 0. The second-order valence-corrected chi connectivity index (χ2v) is 8.63. The normalized spacial score (nSPS) is 13.7. The standard InChI is InChI=1S/C15H13ClN2O3S2/c1-17(2)23(20,21)10-7-8-12-14(9-10)22-13-6-4-3-5-11(13)18(12)15(16)19/h3-9H,1-2H3. The third-order valence-electron chi connectivity index (χ3n) is 3.45. The molecule has 5 nitrogen and oxygen atoms in total. The Morgan fingerprint density at radius 2 is 1.74 bits per heavy atom. The first kappa shape index (κ1) is 16.3. The van der Waals surface area contributed by atoms with Crippen LogP contribution in [0.25, 0.3) is 0 Å². The van der Waals surface area contributed by atoms with Crippen LogP contribution in [0.3, 0.4) is 0 Å². The van der Waals surface area contributed by atoms with Crippen molar-refractivity contribution in [2.45, 2.75) is 14.7 Å². The molecular formula is C15H13ClN2O3S2. The van der Waals surface area contributed by atoms with Crippen molar-refractivity contribution in [3.63, 3.8) is 0 Å². The van der Waals surface area contributed by atoms with E-state index in [-0.39, 0.29) is 4.90 Å². The molecule has 0 unspecified atom stereocenters. The van der Waals surface area contributed by atoms with Gasteiger partial charge in [-0.2, -0.15) is 0 Å². The monoisotopic (exact) mass is 368 g/mol. The number of halogens is 1. The van der Waals surface area contributed by atoms with Gasteiger partial charge in [0.25, 0.3) is 0 Å². The molecule has 1 heterocycles. The molecule has 1 amide bonds. The molecule has 0 spiro atoms. The van der Waals surface area contributed by atoms with Crippen molar-refractivity contribution >= 4 is 50.1 Å². The first-order valence-corrected chi connectivity index (χ1v) is 9.29. The molecule has 0 aliphatic carbocycles. The summed E-state index contributed by atoms with van der Waals surface area (Å²) in [5.74, 6) is 0. The van der Waals surface area contributed by atoms with E-state index in [0.717, 1.165) is 9.20 Å². The van der Waals surface area contributed by atoms with Crippen molar-refractivity contribution < 1.29 is 13.2 Å². The predicted octanol–water partition coefficient (Wildman–Crippen LogP) is 3.90. The molecule has 0 saturated carbocycles. The molecule has 3 rings (SSSR count). The van der Waals surface area contributed by atoms with Gasteiger partial charge in [-0.3, -0.25) is 9.69 Å². The first-order chi connectivity index (χ1) is 10.8. The number of benzene rings is 2. The number of sulfonamides is 1. The zero-order valence-electron chi connectivity index (χ0n) is 12.4. The highest BCUT2D eigenvalue weighted by atomic mass is 35.5. The van der Waals surface area contributed by atoms with Gasteiger partial charge in [0.05, 0.1) is 16.3 Å². The van der Waals surface area contributed by atoms with E-state index in [0.29, 0.717) is 16.3 Å². The summed E-state index contributed by atoms with van der Waals surface area (Å²) in [5, 5.41) is -0.637. The van der Waals surface area contributed by atoms with Crippen LogP contribution in [-0.4, -0.2) is 32.2 Å². The van der Waals surface area contributed by atoms with Gasteiger partial charge < -0.3 is 0 Å². The maximum absolute atomic E-state index is 12.3. The Balaban J connectivity index is 2.18. The minimum absolute atomic E-state index is 0.176. The van der Waals surface area contributed by atoms with E-state index in [1.807, 2.05) is 18.2 Å². The van der Waals surface area contributed by atoms with Crippen molar-refractivity contribution in [1.82, 2.24) is 4.31 Å². The van der Waals surface area contributed by atoms with Crippen LogP contribution in [0.15, 0.2) is 57.2 Å². The number of hydrogen-bond donors (Lipinski definition) is 0. The number of anilines is 2. The average Bonchev–Trinajstić information content (AvgIpc) is 2.51. The van der Waals surface area contributed by atoms with Crippen molar-refractivity contribution in [3.8, 4) is 0 Å². The number of amides is 1. The molecule has 8 heteroatoms. The zero-order chi connectivity index (χ0) is 16.8. The van der Waals surface area contributed by atoms with Gasteiger partial charge in [-0.1, -0.05) is 23.9 Å². The number of nitrogens with zero attached hydrogens (tertiary/aromatic N) is 2. The van der Waals surface area contributed by atoms with Crippen LogP contribution in [0.4, 0.5) is 16.2 Å². The average molecular weight is 369 g/mol. The minimum atomic E-state index is -3.54. The van der Waals surface area contributed by atoms with E-state index in [4.69, 9.17) is 11.6 Å². The molecule has 0 bridgehead atoms. The number of carbonyl (C=O) groups is 1. The molecule has 0 radical (unpaired) electrons. The Hall–Kier alpha value is -1.54. The highest BCUT2D eigenvalue weighted by Gasteiger charge is 2.29.